The molecule has 2 saturated heterocycles. The number of halogens is 2. The Kier molecular flexibility index (Phi) is 15.4. The van der Waals surface area contributed by atoms with Crippen LogP contribution in [0.25, 0.3) is 0 Å². The first-order valence-corrected chi connectivity index (χ1v) is 16.5. The van der Waals surface area contributed by atoms with Gasteiger partial charge in [0.1, 0.15) is 23.8 Å². The van der Waals surface area contributed by atoms with Crippen molar-refractivity contribution in [1.29, 1.82) is 0 Å². The lowest BCUT2D eigenvalue weighted by molar-refractivity contribution is -0.147. The number of aliphatic carboxylic acids is 1. The number of benzene rings is 2. The van der Waals surface area contributed by atoms with Crippen LogP contribution in [0.5, 0.6) is 0 Å². The Morgan fingerprint density at radius 3 is 1.57 bits per heavy atom. The van der Waals surface area contributed by atoms with Gasteiger partial charge in [-0.05, 0) is 93.7 Å². The summed E-state index contributed by atoms with van der Waals surface area (Å²) < 4.78 is 40.4. The highest BCUT2D eigenvalue weighted by Gasteiger charge is 2.36. The molecule has 4 atom stereocenters. The third kappa shape index (κ3) is 12.1. The van der Waals surface area contributed by atoms with Crippen LogP contribution in [0.3, 0.4) is 0 Å². The van der Waals surface area contributed by atoms with E-state index in [1.54, 1.807) is 41.0 Å². The second-order valence-corrected chi connectivity index (χ2v) is 12.2. The second-order valence-electron chi connectivity index (χ2n) is 12.2. The van der Waals surface area contributed by atoms with Gasteiger partial charge >= 0.3 is 24.1 Å². The van der Waals surface area contributed by atoms with Gasteiger partial charge in [0.2, 0.25) is 0 Å². The lowest BCUT2D eigenvalue weighted by atomic mass is 9.84. The Hall–Kier alpha value is -4.55. The van der Waals surface area contributed by atoms with Crippen LogP contribution >= 0.6 is 0 Å². The zero-order chi connectivity index (χ0) is 35.9. The van der Waals surface area contributed by atoms with E-state index in [4.69, 9.17) is 14.2 Å². The molecule has 0 saturated carbocycles. The quantitative estimate of drug-likeness (QED) is 0.176. The van der Waals surface area contributed by atoms with Crippen LogP contribution in [-0.2, 0) is 41.4 Å². The zero-order valence-electron chi connectivity index (χ0n) is 28.3. The number of amides is 2. The van der Waals surface area contributed by atoms with Crippen molar-refractivity contribution in [2.75, 3.05) is 33.9 Å². The number of carbonyl (C=O) groups excluding carboxylic acids is 4. The Bertz CT molecular complexity index is 1400. The van der Waals surface area contributed by atoms with Gasteiger partial charge in [-0.25, -0.2) is 18.4 Å². The smallest absolute Gasteiger partial charge is 0.409 e. The molecule has 0 aliphatic carbocycles. The monoisotopic (exact) mass is 688 g/mol. The molecule has 2 amide bonds. The summed E-state index contributed by atoms with van der Waals surface area (Å²) in [6, 6.07) is 12.1. The fraction of sp³-hybridized carbons (Fsp3) is 0.528. The molecule has 268 valence electrons. The molecule has 2 aromatic rings. The molecule has 2 aliphatic heterocycles. The normalized spacial score (nSPS) is 20.3. The number of Topliss-reactive ketones (excluding diaryl/α,β-unsaturated/α-hetero) is 1. The number of carboxylic acid groups (broad SMARTS) is 1. The summed E-state index contributed by atoms with van der Waals surface area (Å²) in [6.45, 7) is 2.73. The molecule has 2 unspecified atom stereocenters. The first kappa shape index (κ1) is 38.9. The van der Waals surface area contributed by atoms with Gasteiger partial charge in [-0.15, -0.1) is 0 Å². The minimum absolute atomic E-state index is 0.148. The summed E-state index contributed by atoms with van der Waals surface area (Å²) in [5.74, 6) is -2.78. The summed E-state index contributed by atoms with van der Waals surface area (Å²) in [5.41, 5.74) is 1.92. The van der Waals surface area contributed by atoms with Crippen molar-refractivity contribution in [3.63, 3.8) is 0 Å². The van der Waals surface area contributed by atoms with Crippen LogP contribution in [0.2, 0.25) is 0 Å². The highest BCUT2D eigenvalue weighted by molar-refractivity contribution is 5.97. The molecule has 49 heavy (non-hydrogen) atoms. The average Bonchev–Trinajstić information content (AvgIpc) is 3.10. The number of nitrogens with zero attached hydrogens (tertiary/aromatic N) is 2. The molecular weight excluding hydrogens is 642 g/mol. The van der Waals surface area contributed by atoms with Crippen molar-refractivity contribution in [3.05, 3.63) is 71.3 Å². The number of aryl methyl sites for hydroxylation is 2. The Labute approximate surface area is 285 Å². The standard InChI is InChI=1S/C20H26FNO5.C16H20FNO4/c1-3-27-19(24)13-18(23)15-10-11-22(20(25)26-2)17(12-15)9-6-14-4-7-16(21)8-5-14;1-22-16(21)18-9-8-12(15(19)20)10-14(18)7-4-11-2-5-13(17)6-3-11/h4-5,7-8,15,17H,3,6,9-13H2,1-2H3;2-3,5-6,12,14H,4,7-10H2,1H3,(H,19,20)/t15-,17-;/m1./s1. The third-order valence-corrected chi connectivity index (χ3v) is 9.04. The first-order valence-electron chi connectivity index (χ1n) is 16.5. The fourth-order valence-electron chi connectivity index (χ4n) is 6.35. The van der Waals surface area contributed by atoms with Gasteiger partial charge in [0.05, 0.1) is 26.7 Å². The van der Waals surface area contributed by atoms with Crippen molar-refractivity contribution in [3.8, 4) is 0 Å². The molecule has 0 radical (unpaired) electrons. The molecule has 2 aromatic carbocycles. The van der Waals surface area contributed by atoms with Crippen molar-refractivity contribution >= 4 is 29.9 Å². The van der Waals surface area contributed by atoms with Crippen LogP contribution in [-0.4, -0.2) is 90.8 Å². The summed E-state index contributed by atoms with van der Waals surface area (Å²) in [5, 5.41) is 9.18. The molecule has 1 N–H and O–H groups in total. The van der Waals surface area contributed by atoms with Crippen molar-refractivity contribution in [1.82, 2.24) is 9.80 Å². The molecule has 2 fully saturated rings. The highest BCUT2D eigenvalue weighted by Crippen LogP contribution is 2.29. The van der Waals surface area contributed by atoms with E-state index in [0.29, 0.717) is 64.5 Å². The number of carbonyl (C=O) groups is 5. The van der Waals surface area contributed by atoms with Crippen LogP contribution in [0.1, 0.15) is 63.0 Å². The molecule has 2 aliphatic rings. The minimum Gasteiger partial charge on any atom is -0.481 e. The molecule has 0 bridgehead atoms. The number of carboxylic acids is 1. The SMILES string of the molecule is CCOC(=O)CC(=O)[C@@H]1CCN(C(=O)OC)[C@H](CCc2ccc(F)cc2)C1.COC(=O)N1CCC(C(=O)O)CC1CCc1ccc(F)cc1. The summed E-state index contributed by atoms with van der Waals surface area (Å²) in [4.78, 5) is 62.3. The van der Waals surface area contributed by atoms with E-state index < -0.39 is 30.0 Å². The van der Waals surface area contributed by atoms with Crippen LogP contribution in [0.15, 0.2) is 48.5 Å². The van der Waals surface area contributed by atoms with E-state index in [2.05, 4.69) is 0 Å². The predicted molar refractivity (Wildman–Crippen MR) is 175 cm³/mol. The summed E-state index contributed by atoms with van der Waals surface area (Å²) in [6.07, 6.45) is 3.33. The third-order valence-electron chi connectivity index (χ3n) is 9.04. The number of esters is 1. The van der Waals surface area contributed by atoms with Gasteiger partial charge in [-0.3, -0.25) is 14.4 Å². The number of hydrogen-bond donors (Lipinski definition) is 1. The van der Waals surface area contributed by atoms with Gasteiger partial charge in [0, 0.05) is 31.1 Å². The van der Waals surface area contributed by atoms with Gasteiger partial charge < -0.3 is 29.1 Å². The lowest BCUT2D eigenvalue weighted by Crippen LogP contribution is -2.47. The topological polar surface area (TPSA) is 140 Å². The summed E-state index contributed by atoms with van der Waals surface area (Å²) >= 11 is 0. The zero-order valence-corrected chi connectivity index (χ0v) is 28.3. The van der Waals surface area contributed by atoms with E-state index in [1.165, 1.54) is 38.5 Å². The van der Waals surface area contributed by atoms with Crippen LogP contribution < -0.4 is 0 Å². The Balaban J connectivity index is 0.000000271. The fourth-order valence-corrected chi connectivity index (χ4v) is 6.35. The van der Waals surface area contributed by atoms with Crippen molar-refractivity contribution < 1.29 is 52.1 Å². The van der Waals surface area contributed by atoms with E-state index >= 15 is 0 Å². The van der Waals surface area contributed by atoms with Gasteiger partial charge in [-0.1, -0.05) is 24.3 Å². The van der Waals surface area contributed by atoms with Crippen molar-refractivity contribution in [2.45, 2.75) is 76.8 Å². The molecule has 13 heteroatoms. The molecule has 0 aromatic heterocycles. The summed E-state index contributed by atoms with van der Waals surface area (Å²) in [7, 11) is 2.65. The predicted octanol–water partition coefficient (Wildman–Crippen LogP) is 5.82. The molecule has 11 nitrogen and oxygen atoms in total. The van der Waals surface area contributed by atoms with E-state index in [1.807, 2.05) is 0 Å². The maximum absolute atomic E-state index is 13.0. The van der Waals surface area contributed by atoms with Crippen LogP contribution in [0, 0.1) is 23.5 Å². The molecule has 0 spiro atoms. The van der Waals surface area contributed by atoms with Crippen LogP contribution in [0.4, 0.5) is 18.4 Å². The second kappa shape index (κ2) is 19.4. The number of rotatable bonds is 11. The Morgan fingerprint density at radius 1 is 0.735 bits per heavy atom. The first-order chi connectivity index (χ1) is 23.4. The van der Waals surface area contributed by atoms with Gasteiger partial charge in [0.25, 0.3) is 0 Å². The number of piperidine rings is 2. The van der Waals surface area contributed by atoms with Gasteiger partial charge in [-0.2, -0.15) is 0 Å². The average molecular weight is 689 g/mol. The number of hydrogen-bond acceptors (Lipinski definition) is 8. The van der Waals surface area contributed by atoms with E-state index in [0.717, 1.165) is 11.1 Å². The number of methoxy groups -OCH3 is 2. The van der Waals surface area contributed by atoms with E-state index in [9.17, 15) is 37.9 Å². The van der Waals surface area contributed by atoms with E-state index in [-0.39, 0.29) is 48.4 Å². The lowest BCUT2D eigenvalue weighted by Gasteiger charge is -2.38. The minimum atomic E-state index is -0.823. The number of ketones is 1. The molecule has 2 heterocycles. The highest BCUT2D eigenvalue weighted by atomic mass is 19.1. The largest absolute Gasteiger partial charge is 0.481 e. The maximum Gasteiger partial charge on any atom is 0.409 e. The molecule has 4 rings (SSSR count). The molecular formula is C36H46F2N2O9. The number of ether oxygens (including phenoxy) is 3. The maximum atomic E-state index is 13.0. The van der Waals surface area contributed by atoms with Crippen molar-refractivity contribution in [2.24, 2.45) is 11.8 Å². The Morgan fingerprint density at radius 2 is 1.16 bits per heavy atom. The van der Waals surface area contributed by atoms with Gasteiger partial charge in [0.15, 0.2) is 0 Å². The number of likely N-dealkylation sites (tertiary alicyclic amines) is 2.